The van der Waals surface area contributed by atoms with Gasteiger partial charge in [-0.2, -0.15) is 17.9 Å². The minimum absolute atomic E-state index is 0.226. The van der Waals surface area contributed by atoms with E-state index in [9.17, 15) is 18.4 Å². The smallest absolute Gasteiger partial charge is 0.393 e. The summed E-state index contributed by atoms with van der Waals surface area (Å²) in [5.41, 5.74) is 0.226. The summed E-state index contributed by atoms with van der Waals surface area (Å²) < 4.78 is 38.7. The SMILES string of the molecule is [O-][n+]1ccc2cc(CC(F)(F)F)c3ccccc3c2c1. The average molecular weight is 277 g/mol. The number of nitrogens with zero attached hydrogens (tertiary/aromatic N) is 1. The Morgan fingerprint density at radius 2 is 1.70 bits per heavy atom. The molecule has 0 spiro atoms. The topological polar surface area (TPSA) is 26.9 Å². The van der Waals surface area contributed by atoms with Gasteiger partial charge in [0.15, 0.2) is 12.4 Å². The van der Waals surface area contributed by atoms with Crippen LogP contribution in [0.15, 0.2) is 48.8 Å². The predicted octanol–water partition coefficient (Wildman–Crippen LogP) is 3.73. The molecular weight excluding hydrogens is 267 g/mol. The first-order chi connectivity index (χ1) is 9.44. The summed E-state index contributed by atoms with van der Waals surface area (Å²) in [6.45, 7) is 0. The number of halogens is 3. The van der Waals surface area contributed by atoms with Crippen molar-refractivity contribution in [1.29, 1.82) is 0 Å². The van der Waals surface area contributed by atoms with Gasteiger partial charge in [0, 0.05) is 6.07 Å². The van der Waals surface area contributed by atoms with Gasteiger partial charge in [0.25, 0.3) is 0 Å². The van der Waals surface area contributed by atoms with Crippen LogP contribution in [0.2, 0.25) is 0 Å². The summed E-state index contributed by atoms with van der Waals surface area (Å²) in [7, 11) is 0. The number of hydrogen-bond donors (Lipinski definition) is 0. The Morgan fingerprint density at radius 1 is 1.00 bits per heavy atom. The molecule has 3 aromatic rings. The number of aromatic nitrogens is 1. The zero-order valence-corrected chi connectivity index (χ0v) is 10.3. The number of pyridine rings is 1. The maximum Gasteiger partial charge on any atom is 0.393 e. The van der Waals surface area contributed by atoms with E-state index in [1.807, 2.05) is 0 Å². The zero-order chi connectivity index (χ0) is 14.3. The number of alkyl halides is 3. The molecule has 0 N–H and O–H groups in total. The molecule has 102 valence electrons. The Balaban J connectivity index is 2.37. The van der Waals surface area contributed by atoms with E-state index in [4.69, 9.17) is 0 Å². The van der Waals surface area contributed by atoms with Crippen LogP contribution in [-0.4, -0.2) is 6.18 Å². The van der Waals surface area contributed by atoms with Gasteiger partial charge in [0.05, 0.1) is 11.8 Å². The molecule has 20 heavy (non-hydrogen) atoms. The molecule has 0 fully saturated rings. The number of hydrogen-bond acceptors (Lipinski definition) is 1. The van der Waals surface area contributed by atoms with Crippen molar-refractivity contribution in [2.24, 2.45) is 0 Å². The van der Waals surface area contributed by atoms with Crippen molar-refractivity contribution in [3.8, 4) is 0 Å². The summed E-state index contributed by atoms with van der Waals surface area (Å²) in [4.78, 5) is 0. The Hall–Kier alpha value is -2.30. The van der Waals surface area contributed by atoms with Crippen LogP contribution in [0, 0.1) is 5.21 Å². The van der Waals surface area contributed by atoms with Gasteiger partial charge < -0.3 is 5.21 Å². The molecule has 0 unspecified atom stereocenters. The molecule has 3 rings (SSSR count). The third-order valence-electron chi connectivity index (χ3n) is 3.25. The quantitative estimate of drug-likeness (QED) is 0.378. The third-order valence-corrected chi connectivity index (χ3v) is 3.25. The van der Waals surface area contributed by atoms with Crippen LogP contribution in [-0.2, 0) is 6.42 Å². The Bertz CT molecular complexity index is 796. The van der Waals surface area contributed by atoms with Gasteiger partial charge in [-0.1, -0.05) is 24.3 Å². The highest BCUT2D eigenvalue weighted by Crippen LogP contribution is 2.31. The maximum atomic E-state index is 12.7. The van der Waals surface area contributed by atoms with Crippen molar-refractivity contribution >= 4 is 21.5 Å². The normalized spacial score (nSPS) is 12.2. The van der Waals surface area contributed by atoms with E-state index >= 15 is 0 Å². The van der Waals surface area contributed by atoms with Crippen LogP contribution in [0.4, 0.5) is 13.2 Å². The first-order valence-corrected chi connectivity index (χ1v) is 6.04. The molecule has 0 saturated carbocycles. The van der Waals surface area contributed by atoms with E-state index in [1.165, 1.54) is 24.5 Å². The second-order valence-corrected chi connectivity index (χ2v) is 4.68. The summed E-state index contributed by atoms with van der Waals surface area (Å²) >= 11 is 0. The molecule has 2 nitrogen and oxygen atoms in total. The maximum absolute atomic E-state index is 12.7. The molecule has 0 bridgehead atoms. The standard InChI is InChI=1S/C15H10F3NO/c16-15(17,18)8-11-7-10-5-6-19(20)9-14(10)13-4-2-1-3-12(11)13/h1-7,9H,8H2. The lowest BCUT2D eigenvalue weighted by atomic mass is 9.97. The molecule has 1 heterocycles. The van der Waals surface area contributed by atoms with E-state index in [1.54, 1.807) is 24.3 Å². The number of fused-ring (bicyclic) bond motifs is 3. The summed E-state index contributed by atoms with van der Waals surface area (Å²) in [6.07, 6.45) is -2.57. The Kier molecular flexibility index (Phi) is 2.78. The largest absolute Gasteiger partial charge is 0.619 e. The second kappa shape index (κ2) is 4.37. The molecule has 0 aliphatic rings. The lowest BCUT2D eigenvalue weighted by Crippen LogP contribution is -2.23. The van der Waals surface area contributed by atoms with Gasteiger partial charge in [-0.05, 0) is 27.8 Å². The minimum Gasteiger partial charge on any atom is -0.619 e. The molecule has 0 saturated heterocycles. The van der Waals surface area contributed by atoms with Crippen LogP contribution < -0.4 is 4.73 Å². The van der Waals surface area contributed by atoms with Gasteiger partial charge in [0.1, 0.15) is 0 Å². The molecule has 1 aromatic heterocycles. The molecule has 2 aromatic carbocycles. The summed E-state index contributed by atoms with van der Waals surface area (Å²) in [5.74, 6) is 0. The van der Waals surface area contributed by atoms with Crippen molar-refractivity contribution in [3.63, 3.8) is 0 Å². The fraction of sp³-hybridized carbons (Fsp3) is 0.133. The molecule has 0 aliphatic carbocycles. The molecule has 5 heteroatoms. The van der Waals surface area contributed by atoms with Gasteiger partial charge in [-0.15, -0.1) is 0 Å². The van der Waals surface area contributed by atoms with E-state index in [0.29, 0.717) is 26.3 Å². The summed E-state index contributed by atoms with van der Waals surface area (Å²) in [6, 6.07) is 9.87. The first-order valence-electron chi connectivity index (χ1n) is 6.04. The van der Waals surface area contributed by atoms with Crippen molar-refractivity contribution in [2.45, 2.75) is 12.6 Å². The van der Waals surface area contributed by atoms with Crippen molar-refractivity contribution in [2.75, 3.05) is 0 Å². The van der Waals surface area contributed by atoms with Crippen LogP contribution in [0.3, 0.4) is 0 Å². The lowest BCUT2D eigenvalue weighted by molar-refractivity contribution is -0.603. The van der Waals surface area contributed by atoms with Crippen LogP contribution in [0.25, 0.3) is 21.5 Å². The molecule has 0 amide bonds. The first kappa shape index (κ1) is 12.7. The van der Waals surface area contributed by atoms with E-state index in [-0.39, 0.29) is 5.56 Å². The van der Waals surface area contributed by atoms with Crippen molar-refractivity contribution in [1.82, 2.24) is 0 Å². The second-order valence-electron chi connectivity index (χ2n) is 4.68. The van der Waals surface area contributed by atoms with Crippen LogP contribution >= 0.6 is 0 Å². The van der Waals surface area contributed by atoms with Crippen LogP contribution in [0.1, 0.15) is 5.56 Å². The number of rotatable bonds is 1. The highest BCUT2D eigenvalue weighted by Gasteiger charge is 2.28. The monoisotopic (exact) mass is 277 g/mol. The van der Waals surface area contributed by atoms with E-state index in [2.05, 4.69) is 0 Å². The third kappa shape index (κ3) is 2.27. The molecule has 0 aliphatic heterocycles. The van der Waals surface area contributed by atoms with Crippen LogP contribution in [0.5, 0.6) is 0 Å². The van der Waals surface area contributed by atoms with Gasteiger partial charge in [-0.3, -0.25) is 0 Å². The summed E-state index contributed by atoms with van der Waals surface area (Å²) in [5, 5.41) is 13.9. The van der Waals surface area contributed by atoms with Gasteiger partial charge in [-0.25, -0.2) is 0 Å². The molecule has 0 radical (unpaired) electrons. The van der Waals surface area contributed by atoms with E-state index < -0.39 is 12.6 Å². The average Bonchev–Trinajstić information content (AvgIpc) is 2.38. The van der Waals surface area contributed by atoms with Gasteiger partial charge in [0.2, 0.25) is 0 Å². The van der Waals surface area contributed by atoms with E-state index in [0.717, 1.165) is 0 Å². The number of benzene rings is 2. The Morgan fingerprint density at radius 3 is 2.40 bits per heavy atom. The van der Waals surface area contributed by atoms with Gasteiger partial charge >= 0.3 is 6.18 Å². The van der Waals surface area contributed by atoms with Crippen molar-refractivity contribution in [3.05, 3.63) is 59.6 Å². The zero-order valence-electron chi connectivity index (χ0n) is 10.3. The fourth-order valence-corrected chi connectivity index (χ4v) is 2.46. The molecular formula is C15H10F3NO. The fourth-order valence-electron chi connectivity index (χ4n) is 2.46. The minimum atomic E-state index is -4.26. The molecule has 0 atom stereocenters. The lowest BCUT2D eigenvalue weighted by Gasteiger charge is -2.12. The highest BCUT2D eigenvalue weighted by molar-refractivity contribution is 6.08. The van der Waals surface area contributed by atoms with Crippen molar-refractivity contribution < 1.29 is 17.9 Å². The highest BCUT2D eigenvalue weighted by atomic mass is 19.4. The Labute approximate surface area is 112 Å². The predicted molar refractivity (Wildman–Crippen MR) is 70.2 cm³/mol.